The number of aliphatic imine (C=N–C) groups is 2. The van der Waals surface area contributed by atoms with E-state index < -0.39 is 117 Å². The second-order valence-electron chi connectivity index (χ2n) is 20.6. The number of nitrogens with zero attached hydrogens (tertiary/aromatic N) is 5. The van der Waals surface area contributed by atoms with Crippen molar-refractivity contribution in [2.75, 3.05) is 60.4 Å². The van der Waals surface area contributed by atoms with Crippen molar-refractivity contribution >= 4 is 78.1 Å². The van der Waals surface area contributed by atoms with Crippen LogP contribution < -0.4 is 16.0 Å². The molecule has 2 fully saturated rings. The van der Waals surface area contributed by atoms with Crippen LogP contribution in [0.1, 0.15) is 237 Å². The van der Waals surface area contributed by atoms with Crippen molar-refractivity contribution in [3.63, 3.8) is 0 Å². The summed E-state index contributed by atoms with van der Waals surface area (Å²) in [6.45, 7) is -0.0819. The average molecular weight is 1180 g/mol. The van der Waals surface area contributed by atoms with Crippen molar-refractivity contribution in [2.24, 2.45) is 9.98 Å². The van der Waals surface area contributed by atoms with Crippen LogP contribution in [0.4, 0.5) is 9.59 Å². The van der Waals surface area contributed by atoms with Gasteiger partial charge in [-0.1, -0.05) is 111 Å². The van der Waals surface area contributed by atoms with Crippen molar-refractivity contribution in [3.05, 3.63) is 12.2 Å². The highest BCUT2D eigenvalue weighted by Crippen LogP contribution is 2.14. The number of halogens is 1. The zero-order valence-electron chi connectivity index (χ0n) is 56.0. The van der Waals surface area contributed by atoms with E-state index in [2.05, 4.69) is 32.0 Å². The normalized spacial score (nSPS) is 22.3. The molecule has 3 aliphatic rings. The predicted octanol–water partition coefficient (Wildman–Crippen LogP) is 10.9. The van der Waals surface area contributed by atoms with Crippen LogP contribution in [0.2, 0.25) is 0 Å². The molecule has 22 nitrogen and oxygen atoms in total. The van der Waals surface area contributed by atoms with E-state index in [0.29, 0.717) is 46.8 Å². The van der Waals surface area contributed by atoms with Crippen molar-refractivity contribution in [1.29, 1.82) is 5.41 Å². The Hall–Kier alpha value is -5.80. The summed E-state index contributed by atoms with van der Waals surface area (Å²) >= 11 is 0. The molecule has 470 valence electrons. The van der Waals surface area contributed by atoms with Crippen LogP contribution in [-0.2, 0) is 52.5 Å². The summed E-state index contributed by atoms with van der Waals surface area (Å²) in [6.07, 6.45) is 22.0. The third kappa shape index (κ3) is 47.5. The van der Waals surface area contributed by atoms with Gasteiger partial charge in [-0.05, 0) is 106 Å². The number of hydrogen-bond acceptors (Lipinski definition) is 14. The van der Waals surface area contributed by atoms with E-state index in [-0.39, 0.29) is 73.8 Å². The topological polar surface area (TPSA) is 277 Å². The third-order valence-electron chi connectivity index (χ3n) is 10.9. The van der Waals surface area contributed by atoms with Crippen LogP contribution in [0.5, 0.6) is 0 Å². The Balaban J connectivity index is -0.000000608. The van der Waals surface area contributed by atoms with Gasteiger partial charge in [0.25, 0.3) is 0 Å². The highest BCUT2D eigenvalue weighted by Gasteiger charge is 2.23. The Morgan fingerprint density at radius 1 is 0.481 bits per heavy atom. The molecule has 3 aliphatic heterocycles. The Bertz CT molecular complexity index is 2250. The number of carbonyl (C=O) groups excluding carboxylic acids is 8. The van der Waals surface area contributed by atoms with Crippen LogP contribution in [0, 0.1) is 5.41 Å². The van der Waals surface area contributed by atoms with E-state index in [0.717, 1.165) is 109 Å². The number of amides is 5. The maximum atomic E-state index is 12.4. The number of nitrogens with one attached hydrogen (secondary N) is 4. The van der Waals surface area contributed by atoms with Gasteiger partial charge in [0.15, 0.2) is 5.96 Å². The lowest BCUT2D eigenvalue weighted by Crippen LogP contribution is -2.45. The monoisotopic (exact) mass is 1180 g/mol. The van der Waals surface area contributed by atoms with Crippen molar-refractivity contribution in [2.45, 2.75) is 236 Å². The van der Waals surface area contributed by atoms with Gasteiger partial charge in [-0.3, -0.25) is 50.1 Å². The highest BCUT2D eigenvalue weighted by molar-refractivity contribution is 6.02. The standard InChI is InChI=1S/C20H35N3O5.C20H33N3O5.C15H27N3O3.3CH4.ClH/c2*1-20(2,3)28-19(26)22-18-21-16(24)13-11-9-7-5-6-8-10-12-14-27-17(25)15-23(18)4;1-18-12-14(20)21-11-9-7-5-3-2-4-6-8-10-13(19)17-15(18)16;;;;/h5-15H2,1-4H3,(H,21,22,24,26);5-6H,7-15H2,1-4H3,(H,21,22,24,26);2-12H2,1H3,(H2,16,17,19);3*1H4;1H/b;6-5+;;;;;/i2*4D3;1D3;;;;. The summed E-state index contributed by atoms with van der Waals surface area (Å²) < 4.78 is 94.4. The van der Waals surface area contributed by atoms with Crippen LogP contribution >= 0.6 is 12.4 Å². The van der Waals surface area contributed by atoms with Gasteiger partial charge < -0.3 is 38.4 Å². The summed E-state index contributed by atoms with van der Waals surface area (Å²) in [7, 11) is 0. The molecule has 4 N–H and O–H groups in total. The smallest absolute Gasteiger partial charge is 0.437 e. The molecule has 0 aromatic heterocycles. The molecular weight excluding hydrogens is 1070 g/mol. The number of hydrogen-bond donors (Lipinski definition) is 4. The van der Waals surface area contributed by atoms with E-state index in [1.54, 1.807) is 41.5 Å². The molecule has 0 saturated carbocycles. The maximum absolute atomic E-state index is 12.4. The second-order valence-corrected chi connectivity index (χ2v) is 20.6. The predicted molar refractivity (Wildman–Crippen MR) is 322 cm³/mol. The number of rotatable bonds is 0. The first-order valence-electron chi connectivity index (χ1n) is 31.6. The number of guanidine groups is 3. The average Bonchev–Trinajstić information content (AvgIpc) is 2.41. The van der Waals surface area contributed by atoms with Crippen LogP contribution in [0.25, 0.3) is 0 Å². The molecule has 0 bridgehead atoms. The van der Waals surface area contributed by atoms with Crippen molar-refractivity contribution in [1.82, 2.24) is 30.7 Å². The van der Waals surface area contributed by atoms with Gasteiger partial charge in [-0.25, -0.2) is 9.59 Å². The molecule has 0 aliphatic carbocycles. The van der Waals surface area contributed by atoms with Gasteiger partial charge in [0.1, 0.15) is 30.8 Å². The minimum Gasteiger partial charge on any atom is -0.464 e. The lowest BCUT2D eigenvalue weighted by molar-refractivity contribution is -0.144. The van der Waals surface area contributed by atoms with E-state index in [9.17, 15) is 38.4 Å². The van der Waals surface area contributed by atoms with Gasteiger partial charge in [-0.2, -0.15) is 0 Å². The summed E-state index contributed by atoms with van der Waals surface area (Å²) in [5.74, 6) is -5.44. The summed E-state index contributed by atoms with van der Waals surface area (Å²) in [5.41, 5.74) is -1.75. The molecule has 3 heterocycles. The fraction of sp³-hybridized carbons (Fsp3) is 0.776. The van der Waals surface area contributed by atoms with E-state index in [4.69, 9.17) is 41.4 Å². The fourth-order valence-electron chi connectivity index (χ4n) is 7.05. The first-order valence-corrected chi connectivity index (χ1v) is 27.1. The number of carbonyl (C=O) groups is 8. The van der Waals surface area contributed by atoms with E-state index in [1.807, 2.05) is 6.08 Å². The Kier molecular flexibility index (Phi) is 38.0. The molecule has 0 atom stereocenters. The van der Waals surface area contributed by atoms with Gasteiger partial charge in [0.2, 0.25) is 29.6 Å². The lowest BCUT2D eigenvalue weighted by atomic mass is 10.1. The number of allylic oxidation sites excluding steroid dienone is 2. The number of esters is 3. The zero-order valence-corrected chi connectivity index (χ0v) is 47.8. The summed E-state index contributed by atoms with van der Waals surface area (Å²) in [4.78, 5) is 106. The first-order chi connectivity index (χ1) is 40.1. The second kappa shape index (κ2) is 47.8. The van der Waals surface area contributed by atoms with Gasteiger partial charge >= 0.3 is 30.1 Å². The molecule has 3 rings (SSSR count). The molecular formula is C58H108ClN9O13. The highest BCUT2D eigenvalue weighted by atomic mass is 35.5. The minimum absolute atomic E-state index is 0. The summed E-state index contributed by atoms with van der Waals surface area (Å²) in [6, 6.07) is 0. The van der Waals surface area contributed by atoms with Gasteiger partial charge in [0.05, 0.1) is 19.8 Å². The largest absolute Gasteiger partial charge is 0.464 e. The molecule has 5 amide bonds. The molecule has 0 aromatic carbocycles. The Labute approximate surface area is 505 Å². The van der Waals surface area contributed by atoms with E-state index >= 15 is 0 Å². The molecule has 0 radical (unpaired) electrons. The third-order valence-corrected chi connectivity index (χ3v) is 10.9. The molecule has 0 unspecified atom stereocenters. The number of ether oxygens (including phenoxy) is 5. The molecule has 0 aromatic rings. The zero-order chi connectivity index (χ0) is 65.0. The number of cyclic esters (lactones) is 3. The molecule has 0 spiro atoms. The van der Waals surface area contributed by atoms with Crippen LogP contribution in [-0.4, -0.2) is 152 Å². The Morgan fingerprint density at radius 3 is 1.11 bits per heavy atom. The fourth-order valence-corrected chi connectivity index (χ4v) is 7.05. The lowest BCUT2D eigenvalue weighted by Gasteiger charge is -2.22. The maximum Gasteiger partial charge on any atom is 0.437 e. The number of likely N-dealkylation sites (N-methyl/N-ethyl adjacent to an activating group) is 3. The molecule has 23 heteroatoms. The van der Waals surface area contributed by atoms with Crippen LogP contribution in [0.3, 0.4) is 0 Å². The van der Waals surface area contributed by atoms with Crippen molar-refractivity contribution < 1.29 is 74.4 Å². The molecule has 81 heavy (non-hydrogen) atoms. The Morgan fingerprint density at radius 2 is 0.765 bits per heavy atom. The quantitative estimate of drug-likeness (QED) is 0.0997. The van der Waals surface area contributed by atoms with Gasteiger partial charge in [0, 0.05) is 52.5 Å². The van der Waals surface area contributed by atoms with Crippen molar-refractivity contribution in [3.8, 4) is 0 Å². The SMILES string of the molecule is C.C.C.Cl.[2H]C([2H])([2H])N1CC(=O)OCCCC/C=C/CCCCC(=O)NC1=NC(=O)OC(C)(C)C.[2H]C([2H])([2H])N1CC(=O)OCCCCCCCCCCC(=O)NC1=N.[2H]C([2H])([2H])N1CC(=O)OCCCCCCCCCCC(=O)NC1=NC(=O)OC(C)(C)C. The minimum atomic E-state index is -2.86. The summed E-state index contributed by atoms with van der Waals surface area (Å²) in [5, 5.41) is 14.8. The molecule has 2 saturated heterocycles. The van der Waals surface area contributed by atoms with E-state index in [1.165, 1.54) is 0 Å². The van der Waals surface area contributed by atoms with Gasteiger partial charge in [-0.15, -0.1) is 22.4 Å². The first kappa shape index (κ1) is 64.4. The van der Waals surface area contributed by atoms with Crippen LogP contribution in [0.15, 0.2) is 22.1 Å².